The molecule has 0 radical (unpaired) electrons. The Morgan fingerprint density at radius 2 is 2.56 bits per heavy atom. The number of rotatable bonds is 3. The number of hydrogen-bond acceptors (Lipinski definition) is 3. The monoisotopic (exact) mass is 261 g/mol. The molecule has 2 heterocycles. The van der Waals surface area contributed by atoms with Crippen molar-refractivity contribution in [3.05, 3.63) is 40.1 Å². The van der Waals surface area contributed by atoms with Gasteiger partial charge in [0.1, 0.15) is 0 Å². The van der Waals surface area contributed by atoms with Crippen molar-refractivity contribution in [1.29, 1.82) is 0 Å². The number of hydrogen-bond donors (Lipinski definition) is 2. The van der Waals surface area contributed by atoms with Gasteiger partial charge in [0.2, 0.25) is 5.91 Å². The number of carbonyl (C=O) groups excluding carboxylic acids is 1. The van der Waals surface area contributed by atoms with Gasteiger partial charge in [0.05, 0.1) is 18.6 Å². The molecule has 0 aliphatic heterocycles. The molecular weight excluding hydrogens is 246 g/mol. The molecule has 0 aromatic carbocycles. The van der Waals surface area contributed by atoms with Crippen molar-refractivity contribution in [2.45, 2.75) is 25.8 Å². The summed E-state index contributed by atoms with van der Waals surface area (Å²) in [6.45, 7) is 0.642. The van der Waals surface area contributed by atoms with Crippen molar-refractivity contribution in [2.24, 2.45) is 5.92 Å². The molecule has 1 aliphatic carbocycles. The van der Waals surface area contributed by atoms with Crippen molar-refractivity contribution >= 4 is 17.2 Å². The maximum atomic E-state index is 12.1. The first-order valence-electron chi connectivity index (χ1n) is 6.14. The van der Waals surface area contributed by atoms with E-state index in [2.05, 4.69) is 15.3 Å². The predicted octanol–water partition coefficient (Wildman–Crippen LogP) is 1.89. The van der Waals surface area contributed by atoms with Crippen LogP contribution in [0.5, 0.6) is 0 Å². The highest BCUT2D eigenvalue weighted by atomic mass is 32.1. The molecule has 2 N–H and O–H groups in total. The second-order valence-corrected chi connectivity index (χ2v) is 5.60. The molecule has 18 heavy (non-hydrogen) atoms. The summed E-state index contributed by atoms with van der Waals surface area (Å²) in [6, 6.07) is 4.04. The highest BCUT2D eigenvalue weighted by molar-refractivity contribution is 7.09. The Kier molecular flexibility index (Phi) is 3.15. The summed E-state index contributed by atoms with van der Waals surface area (Å²) in [5.74, 6) is 0.238. The number of aromatic amines is 1. The van der Waals surface area contributed by atoms with Crippen LogP contribution in [0.4, 0.5) is 0 Å². The van der Waals surface area contributed by atoms with Gasteiger partial charge in [-0.25, -0.2) is 4.98 Å². The van der Waals surface area contributed by atoms with E-state index in [1.54, 1.807) is 17.7 Å². The molecule has 0 unspecified atom stereocenters. The Labute approximate surface area is 109 Å². The summed E-state index contributed by atoms with van der Waals surface area (Å²) in [7, 11) is 0. The SMILES string of the molecule is O=C(NCc1cccs1)[C@@H]1CCc2nc[nH]c2C1. The van der Waals surface area contributed by atoms with Crippen LogP contribution in [0.1, 0.15) is 22.7 Å². The van der Waals surface area contributed by atoms with Crippen molar-refractivity contribution in [3.63, 3.8) is 0 Å². The second-order valence-electron chi connectivity index (χ2n) is 4.56. The summed E-state index contributed by atoms with van der Waals surface area (Å²) in [5.41, 5.74) is 2.25. The average molecular weight is 261 g/mol. The number of thiophene rings is 1. The third kappa shape index (κ3) is 2.31. The molecule has 0 saturated carbocycles. The second kappa shape index (κ2) is 4.94. The first-order chi connectivity index (χ1) is 8.83. The van der Waals surface area contributed by atoms with Gasteiger partial charge in [-0.05, 0) is 24.3 Å². The molecule has 1 aliphatic rings. The van der Waals surface area contributed by atoms with E-state index >= 15 is 0 Å². The molecule has 0 saturated heterocycles. The highest BCUT2D eigenvalue weighted by Crippen LogP contribution is 2.23. The summed E-state index contributed by atoms with van der Waals surface area (Å²) in [4.78, 5) is 20.7. The lowest BCUT2D eigenvalue weighted by molar-refractivity contribution is -0.125. The number of aryl methyl sites for hydroxylation is 1. The lowest BCUT2D eigenvalue weighted by Gasteiger charge is -2.20. The number of imidazole rings is 1. The van der Waals surface area contributed by atoms with E-state index in [1.807, 2.05) is 17.5 Å². The molecule has 1 amide bonds. The zero-order valence-electron chi connectivity index (χ0n) is 9.98. The van der Waals surface area contributed by atoms with Crippen LogP contribution in [-0.4, -0.2) is 15.9 Å². The molecule has 2 aromatic rings. The van der Waals surface area contributed by atoms with E-state index in [1.165, 1.54) is 4.88 Å². The number of nitrogens with one attached hydrogen (secondary N) is 2. The summed E-state index contributed by atoms with van der Waals surface area (Å²) in [5, 5.41) is 5.04. The Bertz CT molecular complexity index is 532. The molecule has 0 fully saturated rings. The van der Waals surface area contributed by atoms with Gasteiger partial charge in [-0.1, -0.05) is 6.07 Å². The van der Waals surface area contributed by atoms with Gasteiger partial charge < -0.3 is 10.3 Å². The number of fused-ring (bicyclic) bond motifs is 1. The number of nitrogens with zero attached hydrogens (tertiary/aromatic N) is 1. The Balaban J connectivity index is 1.57. The maximum absolute atomic E-state index is 12.1. The predicted molar refractivity (Wildman–Crippen MR) is 70.3 cm³/mol. The number of amides is 1. The van der Waals surface area contributed by atoms with Crippen LogP contribution >= 0.6 is 11.3 Å². The molecule has 1 atom stereocenters. The minimum absolute atomic E-state index is 0.0814. The fraction of sp³-hybridized carbons (Fsp3) is 0.385. The molecular formula is C13H15N3OS. The lowest BCUT2D eigenvalue weighted by atomic mass is 9.89. The Morgan fingerprint density at radius 3 is 3.39 bits per heavy atom. The fourth-order valence-corrected chi connectivity index (χ4v) is 3.00. The minimum Gasteiger partial charge on any atom is -0.351 e. The van der Waals surface area contributed by atoms with E-state index in [4.69, 9.17) is 0 Å². The van der Waals surface area contributed by atoms with E-state index in [0.29, 0.717) is 6.54 Å². The quantitative estimate of drug-likeness (QED) is 0.886. The van der Waals surface area contributed by atoms with Crippen LogP contribution in [0.15, 0.2) is 23.8 Å². The van der Waals surface area contributed by atoms with Crippen LogP contribution in [0, 0.1) is 5.92 Å². The van der Waals surface area contributed by atoms with E-state index in [0.717, 1.165) is 30.7 Å². The van der Waals surface area contributed by atoms with Crippen LogP contribution in [0.2, 0.25) is 0 Å². The molecule has 94 valence electrons. The maximum Gasteiger partial charge on any atom is 0.223 e. The van der Waals surface area contributed by atoms with Gasteiger partial charge >= 0.3 is 0 Å². The number of carbonyl (C=O) groups is 1. The van der Waals surface area contributed by atoms with Crippen molar-refractivity contribution in [3.8, 4) is 0 Å². The Morgan fingerprint density at radius 1 is 1.61 bits per heavy atom. The van der Waals surface area contributed by atoms with Gasteiger partial charge in [0.15, 0.2) is 0 Å². The topological polar surface area (TPSA) is 57.8 Å². The van der Waals surface area contributed by atoms with Crippen LogP contribution < -0.4 is 5.32 Å². The molecule has 3 rings (SSSR count). The summed E-state index contributed by atoms with van der Waals surface area (Å²) < 4.78 is 0. The van der Waals surface area contributed by atoms with Crippen molar-refractivity contribution in [2.75, 3.05) is 0 Å². The van der Waals surface area contributed by atoms with Crippen LogP contribution in [-0.2, 0) is 24.2 Å². The van der Waals surface area contributed by atoms with E-state index in [-0.39, 0.29) is 11.8 Å². The molecule has 0 bridgehead atoms. The minimum atomic E-state index is 0.0814. The first kappa shape index (κ1) is 11.5. The zero-order chi connectivity index (χ0) is 12.4. The molecule has 0 spiro atoms. The number of H-pyrrole nitrogens is 1. The largest absolute Gasteiger partial charge is 0.351 e. The summed E-state index contributed by atoms with van der Waals surface area (Å²) >= 11 is 1.67. The smallest absolute Gasteiger partial charge is 0.223 e. The van der Waals surface area contributed by atoms with Gasteiger partial charge in [-0.15, -0.1) is 11.3 Å². The Hall–Kier alpha value is -1.62. The highest BCUT2D eigenvalue weighted by Gasteiger charge is 2.25. The molecule has 5 heteroatoms. The third-order valence-corrected chi connectivity index (χ3v) is 4.25. The van der Waals surface area contributed by atoms with Crippen LogP contribution in [0.25, 0.3) is 0 Å². The fourth-order valence-electron chi connectivity index (χ4n) is 2.36. The zero-order valence-corrected chi connectivity index (χ0v) is 10.8. The van der Waals surface area contributed by atoms with E-state index in [9.17, 15) is 4.79 Å². The average Bonchev–Trinajstić information content (AvgIpc) is 3.05. The summed E-state index contributed by atoms with van der Waals surface area (Å²) in [6.07, 6.45) is 4.30. The van der Waals surface area contributed by atoms with Gasteiger partial charge in [0.25, 0.3) is 0 Å². The third-order valence-electron chi connectivity index (χ3n) is 3.38. The molecule has 4 nitrogen and oxygen atoms in total. The van der Waals surface area contributed by atoms with Gasteiger partial charge in [0, 0.05) is 22.9 Å². The van der Waals surface area contributed by atoms with Crippen molar-refractivity contribution in [1.82, 2.24) is 15.3 Å². The first-order valence-corrected chi connectivity index (χ1v) is 7.02. The van der Waals surface area contributed by atoms with Crippen molar-refractivity contribution < 1.29 is 4.79 Å². The van der Waals surface area contributed by atoms with Gasteiger partial charge in [-0.3, -0.25) is 4.79 Å². The standard InChI is InChI=1S/C13H15N3OS/c17-13(14-7-10-2-1-5-18-10)9-3-4-11-12(6-9)16-8-15-11/h1-2,5,8-9H,3-4,6-7H2,(H,14,17)(H,15,16)/t9-/m1/s1. The van der Waals surface area contributed by atoms with E-state index < -0.39 is 0 Å². The van der Waals surface area contributed by atoms with Gasteiger partial charge in [-0.2, -0.15) is 0 Å². The number of aromatic nitrogens is 2. The molecule has 2 aromatic heterocycles. The lowest BCUT2D eigenvalue weighted by Crippen LogP contribution is -2.33. The normalized spacial score (nSPS) is 18.3. The van der Waals surface area contributed by atoms with Crippen LogP contribution in [0.3, 0.4) is 0 Å².